The van der Waals surface area contributed by atoms with Crippen molar-refractivity contribution in [3.8, 4) is 0 Å². The minimum Gasteiger partial charge on any atom is -0.326 e. The van der Waals surface area contributed by atoms with E-state index in [4.69, 9.17) is 5.73 Å². The van der Waals surface area contributed by atoms with Crippen LogP contribution in [0, 0.1) is 0 Å². The molecule has 7 heteroatoms. The quantitative estimate of drug-likeness (QED) is 0.780. The molecule has 2 rings (SSSR count). The molecule has 1 aromatic rings. The molecule has 1 aliphatic rings. The van der Waals surface area contributed by atoms with Crippen LogP contribution in [0.3, 0.4) is 0 Å². The Hall–Kier alpha value is -0.0800. The summed E-state index contributed by atoms with van der Waals surface area (Å²) < 4.78 is 28.5. The van der Waals surface area contributed by atoms with Gasteiger partial charge < -0.3 is 5.73 Å². The van der Waals surface area contributed by atoms with Gasteiger partial charge in [0.25, 0.3) is 0 Å². The number of halogens is 1. The number of benzene rings is 1. The lowest BCUT2D eigenvalue weighted by atomic mass is 10.1. The van der Waals surface area contributed by atoms with Crippen LogP contribution in [0.1, 0.15) is 31.2 Å². The predicted molar refractivity (Wildman–Crippen MR) is 91.9 cm³/mol. The first-order chi connectivity index (χ1) is 9.92. The summed E-state index contributed by atoms with van der Waals surface area (Å²) in [6.45, 7) is 0.806. The summed E-state index contributed by atoms with van der Waals surface area (Å²) in [4.78, 5) is 0.264. The molecule has 0 heterocycles. The molecule has 4 nitrogen and oxygen atoms in total. The number of nitrogens with one attached hydrogen (secondary N) is 1. The SMILES string of the molecule is CSC1(CNS(=O)(=O)c2cc(CN)ccc2Br)CCCC1. The maximum atomic E-state index is 12.5. The van der Waals surface area contributed by atoms with E-state index >= 15 is 0 Å². The fourth-order valence-corrected chi connectivity index (χ4v) is 5.80. The zero-order valence-corrected chi connectivity index (χ0v) is 15.3. The smallest absolute Gasteiger partial charge is 0.241 e. The second-order valence-corrected chi connectivity index (χ2v) is 9.25. The van der Waals surface area contributed by atoms with Crippen molar-refractivity contribution in [3.05, 3.63) is 28.2 Å². The van der Waals surface area contributed by atoms with Crippen LogP contribution >= 0.6 is 27.7 Å². The lowest BCUT2D eigenvalue weighted by molar-refractivity contribution is 0.551. The molecular formula is C14H21BrN2O2S2. The van der Waals surface area contributed by atoms with E-state index in [0.29, 0.717) is 17.6 Å². The average molecular weight is 393 g/mol. The van der Waals surface area contributed by atoms with Gasteiger partial charge in [0.2, 0.25) is 10.0 Å². The summed E-state index contributed by atoms with van der Waals surface area (Å²) in [7, 11) is -3.52. The van der Waals surface area contributed by atoms with Gasteiger partial charge in [0.05, 0.1) is 4.90 Å². The molecule has 3 N–H and O–H groups in total. The molecule has 0 bridgehead atoms. The van der Waals surface area contributed by atoms with Gasteiger partial charge >= 0.3 is 0 Å². The number of rotatable bonds is 6. The number of nitrogens with two attached hydrogens (primary N) is 1. The summed E-state index contributed by atoms with van der Waals surface area (Å²) in [6.07, 6.45) is 6.55. The molecule has 0 aromatic heterocycles. The highest BCUT2D eigenvalue weighted by molar-refractivity contribution is 9.10. The Balaban J connectivity index is 2.18. The zero-order chi connectivity index (χ0) is 15.5. The van der Waals surface area contributed by atoms with Crippen LogP contribution in [-0.2, 0) is 16.6 Å². The minimum absolute atomic E-state index is 0.0467. The predicted octanol–water partition coefficient (Wildman–Crippen LogP) is 2.86. The third-order valence-electron chi connectivity index (χ3n) is 4.05. The molecule has 0 saturated heterocycles. The summed E-state index contributed by atoms with van der Waals surface area (Å²) in [5, 5.41) is 0. The topological polar surface area (TPSA) is 72.2 Å². The van der Waals surface area contributed by atoms with Crippen LogP contribution in [0.15, 0.2) is 27.6 Å². The first-order valence-corrected chi connectivity index (χ1v) is 10.5. The van der Waals surface area contributed by atoms with Gasteiger partial charge in [-0.05, 0) is 52.7 Å². The molecule has 1 saturated carbocycles. The van der Waals surface area contributed by atoms with Crippen LogP contribution in [0.5, 0.6) is 0 Å². The van der Waals surface area contributed by atoms with E-state index in [1.807, 2.05) is 6.07 Å². The van der Waals surface area contributed by atoms with Crippen molar-refractivity contribution in [2.45, 2.75) is 41.9 Å². The van der Waals surface area contributed by atoms with E-state index < -0.39 is 10.0 Å². The molecule has 0 amide bonds. The van der Waals surface area contributed by atoms with Crippen molar-refractivity contribution in [2.75, 3.05) is 12.8 Å². The van der Waals surface area contributed by atoms with Crippen molar-refractivity contribution in [2.24, 2.45) is 5.73 Å². The Morgan fingerprint density at radius 2 is 2.05 bits per heavy atom. The lowest BCUT2D eigenvalue weighted by Crippen LogP contribution is -2.38. The molecule has 0 aliphatic heterocycles. The molecule has 118 valence electrons. The van der Waals surface area contributed by atoms with E-state index in [1.54, 1.807) is 23.9 Å². The Labute approximate surface area is 139 Å². The standard InChI is InChI=1S/C14H21BrN2O2S2/c1-20-14(6-2-3-7-14)10-17-21(18,19)13-8-11(9-16)4-5-12(13)15/h4-5,8,17H,2-3,6-7,9-10,16H2,1H3. The molecule has 0 spiro atoms. The number of hydrogen-bond donors (Lipinski definition) is 2. The van der Waals surface area contributed by atoms with Gasteiger partial charge in [-0.25, -0.2) is 13.1 Å². The van der Waals surface area contributed by atoms with E-state index in [1.165, 1.54) is 12.8 Å². The highest BCUT2D eigenvalue weighted by Crippen LogP contribution is 2.40. The largest absolute Gasteiger partial charge is 0.326 e. The average Bonchev–Trinajstić information content (AvgIpc) is 2.95. The van der Waals surface area contributed by atoms with Gasteiger partial charge in [-0.15, -0.1) is 0 Å². The van der Waals surface area contributed by atoms with Crippen LogP contribution in [0.4, 0.5) is 0 Å². The van der Waals surface area contributed by atoms with E-state index in [0.717, 1.165) is 18.4 Å². The van der Waals surface area contributed by atoms with Crippen LogP contribution in [0.2, 0.25) is 0 Å². The lowest BCUT2D eigenvalue weighted by Gasteiger charge is -2.27. The van der Waals surface area contributed by atoms with Crippen molar-refractivity contribution in [1.82, 2.24) is 4.72 Å². The second-order valence-electron chi connectivity index (χ2n) is 5.39. The molecule has 1 fully saturated rings. The van der Waals surface area contributed by atoms with Crippen LogP contribution in [0.25, 0.3) is 0 Å². The molecule has 1 aromatic carbocycles. The molecule has 21 heavy (non-hydrogen) atoms. The first-order valence-electron chi connectivity index (χ1n) is 6.96. The highest BCUT2D eigenvalue weighted by atomic mass is 79.9. The van der Waals surface area contributed by atoms with Crippen molar-refractivity contribution in [3.63, 3.8) is 0 Å². The molecular weight excluding hydrogens is 372 g/mol. The molecule has 1 aliphatic carbocycles. The van der Waals surface area contributed by atoms with Gasteiger partial charge in [0.1, 0.15) is 0 Å². The Kier molecular flexibility index (Phi) is 5.76. The third-order valence-corrected chi connectivity index (χ3v) is 7.87. The maximum Gasteiger partial charge on any atom is 0.241 e. The van der Waals surface area contributed by atoms with Crippen molar-refractivity contribution >= 4 is 37.7 Å². The summed E-state index contributed by atoms with van der Waals surface area (Å²) in [5.74, 6) is 0. The molecule has 0 radical (unpaired) electrons. The van der Waals surface area contributed by atoms with Crippen molar-refractivity contribution in [1.29, 1.82) is 0 Å². The Morgan fingerprint density at radius 3 is 2.62 bits per heavy atom. The summed E-state index contributed by atoms with van der Waals surface area (Å²) in [5.41, 5.74) is 6.40. The van der Waals surface area contributed by atoms with Crippen molar-refractivity contribution < 1.29 is 8.42 Å². The highest BCUT2D eigenvalue weighted by Gasteiger charge is 2.34. The van der Waals surface area contributed by atoms with E-state index in [9.17, 15) is 8.42 Å². The number of hydrogen-bond acceptors (Lipinski definition) is 4. The third kappa shape index (κ3) is 4.01. The Morgan fingerprint density at radius 1 is 1.38 bits per heavy atom. The van der Waals surface area contributed by atoms with Gasteiger partial charge in [-0.1, -0.05) is 18.9 Å². The summed E-state index contributed by atoms with van der Waals surface area (Å²) in [6, 6.07) is 5.19. The molecule has 0 atom stereocenters. The number of thioether (sulfide) groups is 1. The fourth-order valence-electron chi connectivity index (χ4n) is 2.66. The van der Waals surface area contributed by atoms with E-state index in [2.05, 4.69) is 26.9 Å². The van der Waals surface area contributed by atoms with Gasteiger partial charge in [0, 0.05) is 22.3 Å². The summed E-state index contributed by atoms with van der Waals surface area (Å²) >= 11 is 5.08. The normalized spacial score (nSPS) is 18.0. The van der Waals surface area contributed by atoms with Gasteiger partial charge in [-0.2, -0.15) is 11.8 Å². The fraction of sp³-hybridized carbons (Fsp3) is 0.571. The maximum absolute atomic E-state index is 12.5. The minimum atomic E-state index is -3.52. The van der Waals surface area contributed by atoms with Gasteiger partial charge in [0.15, 0.2) is 0 Å². The van der Waals surface area contributed by atoms with Crippen LogP contribution < -0.4 is 10.5 Å². The number of sulfonamides is 1. The second kappa shape index (κ2) is 7.00. The van der Waals surface area contributed by atoms with Crippen LogP contribution in [-0.4, -0.2) is 26.0 Å². The zero-order valence-electron chi connectivity index (χ0n) is 12.1. The molecule has 0 unspecified atom stereocenters. The monoisotopic (exact) mass is 392 g/mol. The van der Waals surface area contributed by atoms with E-state index in [-0.39, 0.29) is 9.64 Å². The first kappa shape index (κ1) is 17.3. The van der Waals surface area contributed by atoms with Gasteiger partial charge in [-0.3, -0.25) is 0 Å². The Bertz CT molecular complexity index is 599.